The van der Waals surface area contributed by atoms with Gasteiger partial charge in [-0.3, -0.25) is 0 Å². The molecule has 2 amide bonds. The fourth-order valence-corrected chi connectivity index (χ4v) is 2.97. The Hall–Kier alpha value is -1.94. The summed E-state index contributed by atoms with van der Waals surface area (Å²) in [4.78, 5) is 14.7. The Morgan fingerprint density at radius 2 is 1.92 bits per heavy atom. The van der Waals surface area contributed by atoms with Gasteiger partial charge in [0.15, 0.2) is 0 Å². The molecule has 26 heavy (non-hydrogen) atoms. The normalized spacial score (nSPS) is 12.7. The number of amides is 2. The van der Waals surface area contributed by atoms with Gasteiger partial charge < -0.3 is 14.8 Å². The van der Waals surface area contributed by atoms with Gasteiger partial charge >= 0.3 is 6.03 Å². The van der Waals surface area contributed by atoms with Gasteiger partial charge in [-0.15, -0.1) is 0 Å². The van der Waals surface area contributed by atoms with E-state index in [1.807, 2.05) is 62.2 Å². The maximum absolute atomic E-state index is 12.8. The Balaban J connectivity index is 2.20. The van der Waals surface area contributed by atoms with Crippen LogP contribution in [-0.2, 0) is 13.1 Å². The third kappa shape index (κ3) is 5.53. The van der Waals surface area contributed by atoms with Gasteiger partial charge in [0.2, 0.25) is 0 Å². The molecule has 0 aliphatic carbocycles. The lowest BCUT2D eigenvalue weighted by molar-refractivity contribution is 0.163. The van der Waals surface area contributed by atoms with Crippen LogP contribution in [0, 0.1) is 0 Å². The van der Waals surface area contributed by atoms with Crippen LogP contribution in [0.25, 0.3) is 0 Å². The van der Waals surface area contributed by atoms with Crippen molar-refractivity contribution in [3.8, 4) is 0 Å². The summed E-state index contributed by atoms with van der Waals surface area (Å²) in [5, 5.41) is 3.84. The second-order valence-corrected chi connectivity index (χ2v) is 8.19. The van der Waals surface area contributed by atoms with Gasteiger partial charge in [-0.2, -0.15) is 0 Å². The highest BCUT2D eigenvalue weighted by Gasteiger charge is 2.24. The van der Waals surface area contributed by atoms with Gasteiger partial charge in [0.05, 0.1) is 6.54 Å². The van der Waals surface area contributed by atoms with Crippen molar-refractivity contribution < 1.29 is 4.79 Å². The molecule has 0 spiro atoms. The van der Waals surface area contributed by atoms with E-state index in [1.54, 1.807) is 0 Å². The highest BCUT2D eigenvalue weighted by Crippen LogP contribution is 2.19. The van der Waals surface area contributed by atoms with E-state index >= 15 is 0 Å². The first-order valence-electron chi connectivity index (χ1n) is 9.17. The van der Waals surface area contributed by atoms with Crippen LogP contribution in [0.3, 0.4) is 0 Å². The van der Waals surface area contributed by atoms with Crippen LogP contribution in [0.1, 0.15) is 52.3 Å². The topological polar surface area (TPSA) is 37.3 Å². The van der Waals surface area contributed by atoms with E-state index in [2.05, 4.69) is 29.8 Å². The third-order valence-corrected chi connectivity index (χ3v) is 4.79. The molecule has 4 nitrogen and oxygen atoms in total. The largest absolute Gasteiger partial charge is 0.345 e. The minimum Gasteiger partial charge on any atom is -0.345 e. The van der Waals surface area contributed by atoms with Crippen molar-refractivity contribution >= 4 is 17.6 Å². The summed E-state index contributed by atoms with van der Waals surface area (Å²) in [6.07, 6.45) is 2.94. The monoisotopic (exact) mass is 375 g/mol. The number of carbonyl (C=O) groups excluding carboxylic acids is 1. The summed E-state index contributed by atoms with van der Waals surface area (Å²) < 4.78 is 2.15. The number of nitrogens with one attached hydrogen (secondary N) is 1. The van der Waals surface area contributed by atoms with Crippen molar-refractivity contribution in [1.82, 2.24) is 14.8 Å². The molecule has 0 aliphatic heterocycles. The second kappa shape index (κ2) is 8.63. The first-order chi connectivity index (χ1) is 12.2. The summed E-state index contributed by atoms with van der Waals surface area (Å²) >= 11 is 6.31. The molecule has 0 saturated heterocycles. The molecular weight excluding hydrogens is 346 g/mol. The van der Waals surface area contributed by atoms with Gasteiger partial charge in [-0.05, 0) is 57.9 Å². The van der Waals surface area contributed by atoms with Crippen LogP contribution in [0.4, 0.5) is 4.79 Å². The number of carbonyl (C=O) groups is 1. The van der Waals surface area contributed by atoms with E-state index in [9.17, 15) is 4.79 Å². The van der Waals surface area contributed by atoms with Crippen molar-refractivity contribution in [2.75, 3.05) is 0 Å². The molecule has 0 bridgehead atoms. The van der Waals surface area contributed by atoms with E-state index < -0.39 is 0 Å². The van der Waals surface area contributed by atoms with Gasteiger partial charge in [0, 0.05) is 35.0 Å². The van der Waals surface area contributed by atoms with Gasteiger partial charge in [0.1, 0.15) is 0 Å². The van der Waals surface area contributed by atoms with Crippen molar-refractivity contribution in [2.45, 2.75) is 65.7 Å². The molecule has 1 aromatic heterocycles. The van der Waals surface area contributed by atoms with Crippen LogP contribution < -0.4 is 5.32 Å². The van der Waals surface area contributed by atoms with Crippen LogP contribution in [0.15, 0.2) is 42.6 Å². The smallest absolute Gasteiger partial charge is 0.318 e. The minimum atomic E-state index is -0.262. The molecule has 0 unspecified atom stereocenters. The number of aromatic nitrogens is 1. The fourth-order valence-electron chi connectivity index (χ4n) is 2.77. The van der Waals surface area contributed by atoms with Crippen molar-refractivity contribution in [1.29, 1.82) is 0 Å². The number of urea groups is 1. The number of hydrogen-bond acceptors (Lipinski definition) is 1. The SMILES string of the molecule is CC[C@@H](C)N(Cc1cccn1Cc1ccccc1Cl)C(=O)NC(C)(C)C. The van der Waals surface area contributed by atoms with Crippen LogP contribution in [-0.4, -0.2) is 27.1 Å². The molecule has 0 radical (unpaired) electrons. The summed E-state index contributed by atoms with van der Waals surface area (Å²) in [6.45, 7) is 11.4. The predicted octanol–water partition coefficient (Wildman–Crippen LogP) is 5.30. The number of nitrogens with zero attached hydrogens (tertiary/aromatic N) is 2. The summed E-state index contributed by atoms with van der Waals surface area (Å²) in [6, 6.07) is 12.1. The zero-order valence-electron chi connectivity index (χ0n) is 16.4. The number of halogens is 1. The van der Waals surface area contributed by atoms with E-state index in [4.69, 9.17) is 11.6 Å². The van der Waals surface area contributed by atoms with E-state index in [0.29, 0.717) is 13.1 Å². The van der Waals surface area contributed by atoms with E-state index in [-0.39, 0.29) is 17.6 Å². The zero-order chi connectivity index (χ0) is 19.3. The lowest BCUT2D eigenvalue weighted by Crippen LogP contribution is -2.51. The summed E-state index contributed by atoms with van der Waals surface area (Å²) in [5.41, 5.74) is 1.90. The Labute approximate surface area is 162 Å². The van der Waals surface area contributed by atoms with Crippen LogP contribution in [0.5, 0.6) is 0 Å². The highest BCUT2D eigenvalue weighted by molar-refractivity contribution is 6.31. The maximum atomic E-state index is 12.8. The molecule has 5 heteroatoms. The Morgan fingerprint density at radius 3 is 2.54 bits per heavy atom. The average Bonchev–Trinajstić information content (AvgIpc) is 2.99. The van der Waals surface area contributed by atoms with Gasteiger partial charge in [0.25, 0.3) is 0 Å². The summed E-state index contributed by atoms with van der Waals surface area (Å²) in [5.74, 6) is 0. The third-order valence-electron chi connectivity index (χ3n) is 4.42. The van der Waals surface area contributed by atoms with Gasteiger partial charge in [-0.1, -0.05) is 36.7 Å². The molecule has 0 saturated carbocycles. The maximum Gasteiger partial charge on any atom is 0.318 e. The first-order valence-corrected chi connectivity index (χ1v) is 9.55. The zero-order valence-corrected chi connectivity index (χ0v) is 17.2. The minimum absolute atomic E-state index is 0.0302. The number of rotatable bonds is 6. The standard InChI is InChI=1S/C21H30ClN3O/c1-6-16(2)25(20(26)23-21(3,4)5)15-18-11-9-13-24(18)14-17-10-7-8-12-19(17)22/h7-13,16H,6,14-15H2,1-5H3,(H,23,26)/t16-/m1/s1. The number of hydrogen-bond donors (Lipinski definition) is 1. The Bertz CT molecular complexity index is 733. The molecule has 1 aromatic carbocycles. The van der Waals surface area contributed by atoms with Crippen molar-refractivity contribution in [3.63, 3.8) is 0 Å². The molecule has 1 heterocycles. The molecule has 2 aromatic rings. The molecule has 1 atom stereocenters. The highest BCUT2D eigenvalue weighted by atomic mass is 35.5. The Morgan fingerprint density at radius 1 is 1.23 bits per heavy atom. The van der Waals surface area contributed by atoms with Crippen molar-refractivity contribution in [2.24, 2.45) is 0 Å². The van der Waals surface area contributed by atoms with E-state index in [1.165, 1.54) is 0 Å². The lowest BCUT2D eigenvalue weighted by Gasteiger charge is -2.32. The average molecular weight is 376 g/mol. The second-order valence-electron chi connectivity index (χ2n) is 7.78. The molecule has 0 fully saturated rings. The summed E-state index contributed by atoms with van der Waals surface area (Å²) in [7, 11) is 0. The molecular formula is C21H30ClN3O. The molecule has 0 aliphatic rings. The molecule has 1 N–H and O–H groups in total. The number of benzene rings is 1. The van der Waals surface area contributed by atoms with Crippen molar-refractivity contribution in [3.05, 3.63) is 58.9 Å². The molecule has 142 valence electrons. The predicted molar refractivity (Wildman–Crippen MR) is 109 cm³/mol. The quantitative estimate of drug-likeness (QED) is 0.730. The Kier molecular flexibility index (Phi) is 6.76. The molecule has 2 rings (SSSR count). The first kappa shape index (κ1) is 20.4. The van der Waals surface area contributed by atoms with Crippen LogP contribution >= 0.6 is 11.6 Å². The fraction of sp³-hybridized carbons (Fsp3) is 0.476. The lowest BCUT2D eigenvalue weighted by atomic mass is 10.1. The van der Waals surface area contributed by atoms with Gasteiger partial charge in [-0.25, -0.2) is 4.79 Å². The van der Waals surface area contributed by atoms with Crippen LogP contribution in [0.2, 0.25) is 5.02 Å². The van der Waals surface area contributed by atoms with E-state index in [0.717, 1.165) is 22.7 Å².